The molecular formula is C18H17N3O2. The number of imidazole rings is 1. The van der Waals surface area contributed by atoms with Crippen molar-refractivity contribution < 1.29 is 9.53 Å². The van der Waals surface area contributed by atoms with Gasteiger partial charge in [-0.05, 0) is 24.3 Å². The van der Waals surface area contributed by atoms with Gasteiger partial charge in [0.05, 0.1) is 19.0 Å². The molecule has 0 aliphatic rings. The summed E-state index contributed by atoms with van der Waals surface area (Å²) in [6.45, 7) is 0. The van der Waals surface area contributed by atoms with Gasteiger partial charge in [-0.25, -0.2) is 4.98 Å². The summed E-state index contributed by atoms with van der Waals surface area (Å²) >= 11 is 0. The molecule has 23 heavy (non-hydrogen) atoms. The van der Waals surface area contributed by atoms with Crippen LogP contribution in [-0.4, -0.2) is 22.6 Å². The largest absolute Gasteiger partial charge is 0.497 e. The fraction of sp³-hybridized carbons (Fsp3) is 0.111. The third kappa shape index (κ3) is 3.08. The topological polar surface area (TPSA) is 56.1 Å². The van der Waals surface area contributed by atoms with Crippen LogP contribution in [0.3, 0.4) is 0 Å². The zero-order valence-corrected chi connectivity index (χ0v) is 13.0. The Labute approximate surface area is 134 Å². The van der Waals surface area contributed by atoms with Crippen LogP contribution in [0.4, 0.5) is 5.95 Å². The molecule has 1 amide bonds. The molecule has 0 aliphatic heterocycles. The number of methoxy groups -OCH3 is 1. The highest BCUT2D eigenvalue weighted by Crippen LogP contribution is 2.25. The first-order valence-corrected chi connectivity index (χ1v) is 7.21. The van der Waals surface area contributed by atoms with E-state index in [0.717, 1.165) is 17.0 Å². The second-order valence-corrected chi connectivity index (χ2v) is 5.08. The monoisotopic (exact) mass is 307 g/mol. The molecule has 0 bridgehead atoms. The summed E-state index contributed by atoms with van der Waals surface area (Å²) in [7, 11) is 3.50. The van der Waals surface area contributed by atoms with Crippen LogP contribution in [-0.2, 0) is 7.05 Å². The highest BCUT2D eigenvalue weighted by atomic mass is 16.5. The Bertz CT molecular complexity index is 825. The number of carbonyl (C=O) groups is 1. The highest BCUT2D eigenvalue weighted by molar-refractivity contribution is 6.03. The molecule has 0 unspecified atom stereocenters. The smallest absolute Gasteiger partial charge is 0.257 e. The van der Waals surface area contributed by atoms with Crippen LogP contribution in [0.15, 0.2) is 60.8 Å². The predicted octanol–water partition coefficient (Wildman–Crippen LogP) is 3.35. The molecule has 1 aromatic heterocycles. The molecular weight excluding hydrogens is 290 g/mol. The van der Waals surface area contributed by atoms with Crippen molar-refractivity contribution in [1.29, 1.82) is 0 Å². The third-order valence-electron chi connectivity index (χ3n) is 3.61. The van der Waals surface area contributed by atoms with Gasteiger partial charge in [-0.2, -0.15) is 0 Å². The minimum atomic E-state index is -0.184. The van der Waals surface area contributed by atoms with Crippen molar-refractivity contribution in [3.63, 3.8) is 0 Å². The maximum atomic E-state index is 12.2. The van der Waals surface area contributed by atoms with E-state index in [1.54, 1.807) is 25.4 Å². The van der Waals surface area contributed by atoms with E-state index in [-0.39, 0.29) is 5.91 Å². The van der Waals surface area contributed by atoms with Crippen LogP contribution in [0.2, 0.25) is 0 Å². The van der Waals surface area contributed by atoms with Crippen molar-refractivity contribution >= 4 is 11.9 Å². The van der Waals surface area contributed by atoms with Gasteiger partial charge in [0.25, 0.3) is 5.91 Å². The molecule has 0 aliphatic carbocycles. The number of nitrogens with one attached hydrogen (secondary N) is 1. The number of hydrogen-bond acceptors (Lipinski definition) is 3. The second-order valence-electron chi connectivity index (χ2n) is 5.08. The summed E-state index contributed by atoms with van der Waals surface area (Å²) in [4.78, 5) is 16.5. The van der Waals surface area contributed by atoms with E-state index < -0.39 is 0 Å². The fourth-order valence-corrected chi connectivity index (χ4v) is 2.34. The summed E-state index contributed by atoms with van der Waals surface area (Å²) in [5, 5.41) is 2.83. The van der Waals surface area contributed by atoms with Gasteiger partial charge < -0.3 is 9.30 Å². The van der Waals surface area contributed by atoms with Crippen molar-refractivity contribution in [2.75, 3.05) is 12.4 Å². The Morgan fingerprint density at radius 2 is 1.91 bits per heavy atom. The second kappa shape index (κ2) is 6.36. The van der Waals surface area contributed by atoms with E-state index in [4.69, 9.17) is 4.74 Å². The molecule has 0 radical (unpaired) electrons. The molecule has 0 spiro atoms. The lowest BCUT2D eigenvalue weighted by Gasteiger charge is -2.08. The minimum Gasteiger partial charge on any atom is -0.497 e. The molecule has 0 atom stereocenters. The van der Waals surface area contributed by atoms with Gasteiger partial charge >= 0.3 is 0 Å². The van der Waals surface area contributed by atoms with Gasteiger partial charge in [-0.15, -0.1) is 0 Å². The fourth-order valence-electron chi connectivity index (χ4n) is 2.34. The Kier molecular flexibility index (Phi) is 4.10. The number of ether oxygens (including phenoxy) is 1. The molecule has 5 nitrogen and oxygen atoms in total. The van der Waals surface area contributed by atoms with E-state index >= 15 is 0 Å². The third-order valence-corrected chi connectivity index (χ3v) is 3.61. The van der Waals surface area contributed by atoms with Crippen LogP contribution < -0.4 is 10.1 Å². The van der Waals surface area contributed by atoms with Crippen LogP contribution >= 0.6 is 0 Å². The number of carbonyl (C=O) groups excluding carboxylic acids is 1. The van der Waals surface area contributed by atoms with Crippen LogP contribution in [0.25, 0.3) is 11.3 Å². The Balaban J connectivity index is 1.86. The molecule has 2 aromatic carbocycles. The summed E-state index contributed by atoms with van der Waals surface area (Å²) in [6.07, 6.45) is 1.73. The summed E-state index contributed by atoms with van der Waals surface area (Å²) in [5.41, 5.74) is 2.46. The lowest BCUT2D eigenvalue weighted by Crippen LogP contribution is -2.15. The zero-order valence-electron chi connectivity index (χ0n) is 13.0. The molecule has 1 N–H and O–H groups in total. The lowest BCUT2D eigenvalue weighted by molar-refractivity contribution is 0.102. The van der Waals surface area contributed by atoms with Crippen molar-refractivity contribution in [2.24, 2.45) is 7.05 Å². The number of nitrogens with zero attached hydrogens (tertiary/aromatic N) is 2. The summed E-state index contributed by atoms with van der Waals surface area (Å²) < 4.78 is 7.09. The van der Waals surface area contributed by atoms with Crippen molar-refractivity contribution in [2.45, 2.75) is 0 Å². The van der Waals surface area contributed by atoms with Crippen LogP contribution in [0, 0.1) is 0 Å². The standard InChI is InChI=1S/C18H17N3O2/c1-21-16(14-9-6-10-15(11-14)23-2)12-19-18(21)20-17(22)13-7-4-3-5-8-13/h3-12H,1-2H3,(H,19,20,22). The lowest BCUT2D eigenvalue weighted by atomic mass is 10.1. The first-order chi connectivity index (χ1) is 11.2. The number of benzene rings is 2. The molecule has 0 saturated heterocycles. The van der Waals surface area contributed by atoms with Crippen LogP contribution in [0.1, 0.15) is 10.4 Å². The van der Waals surface area contributed by atoms with Crippen LogP contribution in [0.5, 0.6) is 5.75 Å². The SMILES string of the molecule is COc1cccc(-c2cnc(NC(=O)c3ccccc3)n2C)c1. The first-order valence-electron chi connectivity index (χ1n) is 7.21. The molecule has 0 saturated carbocycles. The Morgan fingerprint density at radius 3 is 2.65 bits per heavy atom. The Morgan fingerprint density at radius 1 is 1.13 bits per heavy atom. The maximum absolute atomic E-state index is 12.2. The quantitative estimate of drug-likeness (QED) is 0.804. The summed E-state index contributed by atoms with van der Waals surface area (Å²) in [6, 6.07) is 16.8. The first kappa shape index (κ1) is 14.8. The van der Waals surface area contributed by atoms with Gasteiger partial charge in [-0.1, -0.05) is 30.3 Å². The number of aromatic nitrogens is 2. The van der Waals surface area contributed by atoms with E-state index in [0.29, 0.717) is 11.5 Å². The molecule has 3 aromatic rings. The van der Waals surface area contributed by atoms with E-state index in [9.17, 15) is 4.79 Å². The van der Waals surface area contributed by atoms with Crippen molar-refractivity contribution in [1.82, 2.24) is 9.55 Å². The number of amides is 1. The van der Waals surface area contributed by atoms with Crippen molar-refractivity contribution in [3.8, 4) is 17.0 Å². The van der Waals surface area contributed by atoms with Gasteiger partial charge in [-0.3, -0.25) is 10.1 Å². The summed E-state index contributed by atoms with van der Waals surface area (Å²) in [5.74, 6) is 1.09. The maximum Gasteiger partial charge on any atom is 0.257 e. The molecule has 0 fully saturated rings. The van der Waals surface area contributed by atoms with Gasteiger partial charge in [0.15, 0.2) is 0 Å². The molecule has 3 rings (SSSR count). The van der Waals surface area contributed by atoms with Gasteiger partial charge in [0.2, 0.25) is 5.95 Å². The average Bonchev–Trinajstić information content (AvgIpc) is 2.96. The van der Waals surface area contributed by atoms with Gasteiger partial charge in [0, 0.05) is 18.2 Å². The normalized spacial score (nSPS) is 10.3. The van der Waals surface area contributed by atoms with E-state index in [2.05, 4.69) is 10.3 Å². The van der Waals surface area contributed by atoms with Crippen molar-refractivity contribution in [3.05, 3.63) is 66.4 Å². The predicted molar refractivity (Wildman–Crippen MR) is 89.6 cm³/mol. The van der Waals surface area contributed by atoms with E-state index in [1.165, 1.54) is 0 Å². The highest BCUT2D eigenvalue weighted by Gasteiger charge is 2.12. The average molecular weight is 307 g/mol. The van der Waals surface area contributed by atoms with E-state index in [1.807, 2.05) is 54.1 Å². The minimum absolute atomic E-state index is 0.184. The zero-order chi connectivity index (χ0) is 16.2. The number of rotatable bonds is 4. The molecule has 5 heteroatoms. The number of hydrogen-bond donors (Lipinski definition) is 1. The Hall–Kier alpha value is -3.08. The van der Waals surface area contributed by atoms with Gasteiger partial charge in [0.1, 0.15) is 5.75 Å². The number of anilines is 1. The molecule has 1 heterocycles. The molecule has 116 valence electrons.